The quantitative estimate of drug-likeness (QED) is 0.522. The molecule has 0 saturated carbocycles. The highest BCUT2D eigenvalue weighted by Gasteiger charge is 2.32. The number of hydrogen-bond donors (Lipinski definition) is 0. The molecular formula is C13H19N4O5P. The average Bonchev–Trinajstić information content (AvgIpc) is 2.91. The van der Waals surface area contributed by atoms with Gasteiger partial charge in [0.1, 0.15) is 18.4 Å². The lowest BCUT2D eigenvalue weighted by molar-refractivity contribution is -0.143. The lowest BCUT2D eigenvalue weighted by Crippen LogP contribution is -2.17. The van der Waals surface area contributed by atoms with E-state index in [0.717, 1.165) is 0 Å². The molecule has 0 aliphatic heterocycles. The van der Waals surface area contributed by atoms with Crippen LogP contribution < -0.4 is 5.44 Å². The third kappa shape index (κ3) is 3.74. The molecule has 0 spiro atoms. The van der Waals surface area contributed by atoms with Crippen molar-refractivity contribution in [3.63, 3.8) is 0 Å². The Bertz CT molecular complexity index is 722. The first-order chi connectivity index (χ1) is 11.1. The molecule has 23 heavy (non-hydrogen) atoms. The molecule has 2 aromatic rings. The van der Waals surface area contributed by atoms with Crippen LogP contribution in [-0.4, -0.2) is 45.3 Å². The van der Waals surface area contributed by atoms with Gasteiger partial charge < -0.3 is 18.4 Å². The number of rotatable bonds is 8. The normalized spacial score (nSPS) is 11.8. The topological polar surface area (TPSA) is 105 Å². The summed E-state index contributed by atoms with van der Waals surface area (Å²) in [7, 11) is -3.59. The van der Waals surface area contributed by atoms with Crippen LogP contribution in [-0.2, 0) is 29.7 Å². The summed E-state index contributed by atoms with van der Waals surface area (Å²) in [6, 6.07) is 0. The maximum atomic E-state index is 12.9. The third-order valence-electron chi connectivity index (χ3n) is 2.84. The minimum atomic E-state index is -3.59. The molecule has 2 rings (SSSR count). The third-order valence-corrected chi connectivity index (χ3v) is 4.89. The van der Waals surface area contributed by atoms with E-state index in [1.165, 1.54) is 17.2 Å². The Morgan fingerprint density at radius 1 is 1.13 bits per heavy atom. The Morgan fingerprint density at radius 3 is 2.43 bits per heavy atom. The predicted molar refractivity (Wildman–Crippen MR) is 82.4 cm³/mol. The first kappa shape index (κ1) is 17.5. The van der Waals surface area contributed by atoms with E-state index in [1.54, 1.807) is 20.8 Å². The second-order valence-electron chi connectivity index (χ2n) is 4.38. The fraction of sp³-hybridized carbons (Fsp3) is 0.538. The molecule has 0 unspecified atom stereocenters. The summed E-state index contributed by atoms with van der Waals surface area (Å²) in [5.74, 6) is -0.412. The van der Waals surface area contributed by atoms with Gasteiger partial charge in [-0.3, -0.25) is 9.36 Å². The van der Waals surface area contributed by atoms with Crippen LogP contribution in [0.4, 0.5) is 0 Å². The molecule has 2 aromatic heterocycles. The number of nitrogens with zero attached hydrogens (tertiary/aromatic N) is 4. The van der Waals surface area contributed by atoms with Gasteiger partial charge in [-0.1, -0.05) is 0 Å². The number of carbonyl (C=O) groups is 1. The average molecular weight is 342 g/mol. The molecule has 0 bridgehead atoms. The fourth-order valence-corrected chi connectivity index (χ4v) is 3.64. The zero-order chi connectivity index (χ0) is 16.9. The molecule has 0 fully saturated rings. The number of hydrogen-bond acceptors (Lipinski definition) is 8. The molecule has 0 amide bonds. The van der Waals surface area contributed by atoms with Crippen molar-refractivity contribution in [3.8, 4) is 0 Å². The van der Waals surface area contributed by atoms with Gasteiger partial charge in [0.05, 0.1) is 26.1 Å². The Morgan fingerprint density at radius 2 is 1.83 bits per heavy atom. The summed E-state index contributed by atoms with van der Waals surface area (Å²) in [4.78, 5) is 23.9. The van der Waals surface area contributed by atoms with Crippen LogP contribution in [0.25, 0.3) is 11.2 Å². The summed E-state index contributed by atoms with van der Waals surface area (Å²) in [6.45, 7) is 5.79. The van der Waals surface area contributed by atoms with Gasteiger partial charge in [0.15, 0.2) is 11.1 Å². The van der Waals surface area contributed by atoms with E-state index in [1.807, 2.05) is 0 Å². The summed E-state index contributed by atoms with van der Waals surface area (Å²) < 4.78 is 29.9. The predicted octanol–water partition coefficient (Wildman–Crippen LogP) is 1.28. The Balaban J connectivity index is 2.45. The number of carbonyl (C=O) groups excluding carboxylic acids is 1. The van der Waals surface area contributed by atoms with Crippen molar-refractivity contribution in [1.29, 1.82) is 0 Å². The highest BCUT2D eigenvalue weighted by atomic mass is 31.2. The second kappa shape index (κ2) is 7.63. The highest BCUT2D eigenvalue weighted by Crippen LogP contribution is 2.47. The lowest BCUT2D eigenvalue weighted by Gasteiger charge is -2.16. The molecule has 0 aliphatic rings. The first-order valence-electron chi connectivity index (χ1n) is 7.26. The van der Waals surface area contributed by atoms with Gasteiger partial charge in [0.25, 0.3) is 0 Å². The number of imidazole rings is 1. The first-order valence-corrected chi connectivity index (χ1v) is 8.81. The van der Waals surface area contributed by atoms with Crippen LogP contribution >= 0.6 is 7.60 Å². The van der Waals surface area contributed by atoms with Crippen molar-refractivity contribution < 1.29 is 23.1 Å². The molecule has 0 radical (unpaired) electrons. The molecule has 126 valence electrons. The van der Waals surface area contributed by atoms with Gasteiger partial charge in [-0.25, -0.2) is 15.0 Å². The molecule has 0 aliphatic carbocycles. The van der Waals surface area contributed by atoms with Crippen LogP contribution in [0.1, 0.15) is 20.8 Å². The van der Waals surface area contributed by atoms with Crippen LogP contribution in [0.15, 0.2) is 12.7 Å². The Hall–Kier alpha value is -1.83. The summed E-state index contributed by atoms with van der Waals surface area (Å²) in [5.41, 5.74) is 0.735. The minimum absolute atomic E-state index is 0.0473. The smallest absolute Gasteiger partial charge is 0.381 e. The molecule has 0 N–H and O–H groups in total. The zero-order valence-corrected chi connectivity index (χ0v) is 14.2. The molecule has 9 nitrogen and oxygen atoms in total. The molecular weight excluding hydrogens is 323 g/mol. The summed E-state index contributed by atoms with van der Waals surface area (Å²) in [6.07, 6.45) is 2.66. The van der Waals surface area contributed by atoms with Crippen LogP contribution in [0.2, 0.25) is 0 Å². The number of ether oxygens (including phenoxy) is 1. The molecule has 0 atom stereocenters. The van der Waals surface area contributed by atoms with Crippen LogP contribution in [0, 0.1) is 0 Å². The molecule has 2 heterocycles. The van der Waals surface area contributed by atoms with Crippen molar-refractivity contribution in [2.24, 2.45) is 0 Å². The molecule has 10 heteroatoms. The van der Waals surface area contributed by atoms with Crippen molar-refractivity contribution >= 4 is 30.2 Å². The minimum Gasteiger partial charge on any atom is -0.465 e. The number of fused-ring (bicyclic) bond motifs is 1. The zero-order valence-electron chi connectivity index (χ0n) is 13.3. The van der Waals surface area contributed by atoms with Gasteiger partial charge >= 0.3 is 13.6 Å². The molecule has 0 saturated heterocycles. The Labute approximate surface area is 133 Å². The van der Waals surface area contributed by atoms with E-state index in [2.05, 4.69) is 15.0 Å². The summed E-state index contributed by atoms with van der Waals surface area (Å²) in [5, 5.41) is 0. The SMILES string of the molecule is CCOC(=O)Cn1cnc2c(P(=O)(OCC)OCC)ncnc21. The Kier molecular flexibility index (Phi) is 5.81. The number of esters is 1. The van der Waals surface area contributed by atoms with E-state index in [9.17, 15) is 9.36 Å². The monoisotopic (exact) mass is 342 g/mol. The largest absolute Gasteiger partial charge is 0.465 e. The van der Waals surface area contributed by atoms with Gasteiger partial charge in [-0.15, -0.1) is 0 Å². The van der Waals surface area contributed by atoms with E-state index < -0.39 is 13.6 Å². The van der Waals surface area contributed by atoms with Gasteiger partial charge in [-0.05, 0) is 20.8 Å². The van der Waals surface area contributed by atoms with Crippen molar-refractivity contribution in [2.45, 2.75) is 27.3 Å². The highest BCUT2D eigenvalue weighted by molar-refractivity contribution is 7.62. The van der Waals surface area contributed by atoms with Gasteiger partial charge in [0, 0.05) is 0 Å². The van der Waals surface area contributed by atoms with Crippen LogP contribution in [0.3, 0.4) is 0 Å². The maximum Gasteiger partial charge on any atom is 0.381 e. The lowest BCUT2D eigenvalue weighted by atomic mass is 10.5. The van der Waals surface area contributed by atoms with Crippen molar-refractivity contribution in [3.05, 3.63) is 12.7 Å². The van der Waals surface area contributed by atoms with Gasteiger partial charge in [0.2, 0.25) is 0 Å². The van der Waals surface area contributed by atoms with Crippen molar-refractivity contribution in [2.75, 3.05) is 19.8 Å². The van der Waals surface area contributed by atoms with E-state index in [0.29, 0.717) is 5.65 Å². The van der Waals surface area contributed by atoms with Crippen LogP contribution in [0.5, 0.6) is 0 Å². The summed E-state index contributed by atoms with van der Waals surface area (Å²) >= 11 is 0. The van der Waals surface area contributed by atoms with Crippen molar-refractivity contribution in [1.82, 2.24) is 19.5 Å². The van der Waals surface area contributed by atoms with E-state index >= 15 is 0 Å². The van der Waals surface area contributed by atoms with E-state index in [4.69, 9.17) is 13.8 Å². The van der Waals surface area contributed by atoms with Gasteiger partial charge in [-0.2, -0.15) is 0 Å². The molecule has 0 aromatic carbocycles. The van der Waals surface area contributed by atoms with E-state index in [-0.39, 0.29) is 37.3 Å². The fourth-order valence-electron chi connectivity index (χ4n) is 2.03. The second-order valence-corrected chi connectivity index (χ2v) is 6.31. The maximum absolute atomic E-state index is 12.9. The standard InChI is InChI=1S/C13H19N4O5P/c1-4-20-10(18)7-17-9-16-11-12(17)14-8-15-13(11)23(19,21-5-2)22-6-3/h8-9H,4-7H2,1-3H3. The number of aromatic nitrogens is 4.